The van der Waals surface area contributed by atoms with Crippen molar-refractivity contribution in [3.05, 3.63) is 87.7 Å². The van der Waals surface area contributed by atoms with Crippen LogP contribution in [0.3, 0.4) is 0 Å². The van der Waals surface area contributed by atoms with Crippen LogP contribution in [0, 0.1) is 0 Å². The van der Waals surface area contributed by atoms with Gasteiger partial charge in [-0.15, -0.1) is 0 Å². The minimum Gasteiger partial charge on any atom is -0.496 e. The normalized spacial score (nSPS) is 11.9. The van der Waals surface area contributed by atoms with Gasteiger partial charge in [-0.3, -0.25) is 9.78 Å². The molecule has 11 heteroatoms. The van der Waals surface area contributed by atoms with Gasteiger partial charge >= 0.3 is 5.97 Å². The van der Waals surface area contributed by atoms with Crippen molar-refractivity contribution in [3.63, 3.8) is 0 Å². The number of benzene rings is 3. The van der Waals surface area contributed by atoms with E-state index >= 15 is 0 Å². The molecule has 0 bridgehead atoms. The molecule has 0 radical (unpaired) electrons. The molecule has 9 nitrogen and oxygen atoms in total. The lowest BCUT2D eigenvalue weighted by molar-refractivity contribution is -0.139. The van der Waals surface area contributed by atoms with Crippen molar-refractivity contribution in [2.24, 2.45) is 0 Å². The number of aliphatic carboxylic acids is 1. The van der Waals surface area contributed by atoms with E-state index in [1.54, 1.807) is 44.8 Å². The zero-order chi connectivity index (χ0) is 30.7. The molecule has 3 aromatic carbocycles. The van der Waals surface area contributed by atoms with E-state index in [0.717, 1.165) is 16.5 Å². The first-order chi connectivity index (χ1) is 20.8. The Morgan fingerprint density at radius 2 is 1.81 bits per heavy atom. The van der Waals surface area contributed by atoms with Crippen LogP contribution in [0.1, 0.15) is 28.4 Å². The van der Waals surface area contributed by atoms with E-state index in [4.69, 9.17) is 37.4 Å². The third kappa shape index (κ3) is 5.97. The molecule has 3 N–H and O–H groups in total. The molecule has 0 spiro atoms. The molecule has 1 atom stereocenters. The summed E-state index contributed by atoms with van der Waals surface area (Å²) in [5.41, 5.74) is 4.16. The molecule has 0 fully saturated rings. The Kier molecular flexibility index (Phi) is 9.05. The summed E-state index contributed by atoms with van der Waals surface area (Å²) in [5.74, 6) is -0.745. The Morgan fingerprint density at radius 1 is 1.07 bits per heavy atom. The van der Waals surface area contributed by atoms with Gasteiger partial charge in [-0.1, -0.05) is 41.4 Å². The van der Waals surface area contributed by atoms with Crippen LogP contribution in [-0.2, 0) is 22.6 Å². The number of halogens is 2. The van der Waals surface area contributed by atoms with Gasteiger partial charge < -0.3 is 29.6 Å². The third-order valence-corrected chi connectivity index (χ3v) is 7.84. The summed E-state index contributed by atoms with van der Waals surface area (Å²) in [4.78, 5) is 33.3. The Balaban J connectivity index is 1.52. The molecular formula is C32H29Cl2N3O6. The van der Waals surface area contributed by atoms with Crippen molar-refractivity contribution in [2.45, 2.75) is 26.0 Å². The standard InChI is InChI=1S/C32H29Cl2N3O6/c1-4-43-16-17-12-24(41-2)26(25(13-17)42-3)21-8-7-18(20-6-5-10-35-30(20)21)15-23(32(39)40)37-31(38)27-22(33)14-19-9-11-36-29(19)28(27)34/h5-14,23,36H,4,15-16H2,1-3H3,(H,37,38)(H,39,40)/t23-/m0/s1. The topological polar surface area (TPSA) is 123 Å². The Morgan fingerprint density at radius 3 is 2.49 bits per heavy atom. The fraction of sp³-hybridized carbons (Fsp3) is 0.219. The second-order valence-corrected chi connectivity index (χ2v) is 10.5. The van der Waals surface area contributed by atoms with Crippen LogP contribution < -0.4 is 14.8 Å². The lowest BCUT2D eigenvalue weighted by Crippen LogP contribution is -2.42. The van der Waals surface area contributed by atoms with Gasteiger partial charge in [0, 0.05) is 41.8 Å². The van der Waals surface area contributed by atoms with Gasteiger partial charge in [-0.2, -0.15) is 0 Å². The number of hydrogen-bond acceptors (Lipinski definition) is 6. The zero-order valence-electron chi connectivity index (χ0n) is 23.7. The summed E-state index contributed by atoms with van der Waals surface area (Å²) in [5, 5.41) is 14.4. The molecule has 2 heterocycles. The number of carboxylic acids is 1. The van der Waals surface area contributed by atoms with Crippen molar-refractivity contribution >= 4 is 56.9 Å². The molecule has 0 saturated heterocycles. The van der Waals surface area contributed by atoms with E-state index in [1.807, 2.05) is 37.3 Å². The van der Waals surface area contributed by atoms with Gasteiger partial charge in [0.2, 0.25) is 0 Å². The molecule has 43 heavy (non-hydrogen) atoms. The fourth-order valence-electron chi connectivity index (χ4n) is 5.14. The number of fused-ring (bicyclic) bond motifs is 2. The fourth-order valence-corrected chi connectivity index (χ4v) is 5.83. The number of hydrogen-bond donors (Lipinski definition) is 3. The first-order valence-corrected chi connectivity index (χ1v) is 14.2. The van der Waals surface area contributed by atoms with E-state index in [0.29, 0.717) is 52.3 Å². The monoisotopic (exact) mass is 621 g/mol. The number of H-pyrrole nitrogens is 1. The van der Waals surface area contributed by atoms with Crippen molar-refractivity contribution < 1.29 is 28.9 Å². The number of carbonyl (C=O) groups is 2. The minimum atomic E-state index is -1.28. The molecule has 1 amide bonds. The van der Waals surface area contributed by atoms with Gasteiger partial charge in [-0.25, -0.2) is 4.79 Å². The summed E-state index contributed by atoms with van der Waals surface area (Å²) in [6.07, 6.45) is 3.32. The second kappa shape index (κ2) is 12.9. The summed E-state index contributed by atoms with van der Waals surface area (Å²) in [6, 6.07) is 13.2. The van der Waals surface area contributed by atoms with Crippen LogP contribution in [-0.4, -0.2) is 53.8 Å². The van der Waals surface area contributed by atoms with Crippen molar-refractivity contribution in [3.8, 4) is 22.6 Å². The largest absolute Gasteiger partial charge is 0.496 e. The van der Waals surface area contributed by atoms with Gasteiger partial charge in [0.1, 0.15) is 17.5 Å². The van der Waals surface area contributed by atoms with Gasteiger partial charge in [-0.05, 0) is 48.4 Å². The van der Waals surface area contributed by atoms with Crippen molar-refractivity contribution in [2.75, 3.05) is 20.8 Å². The van der Waals surface area contributed by atoms with Gasteiger partial charge in [0.05, 0.1) is 53.0 Å². The maximum atomic E-state index is 13.3. The number of pyridine rings is 1. The van der Waals surface area contributed by atoms with E-state index in [9.17, 15) is 14.7 Å². The van der Waals surface area contributed by atoms with Crippen molar-refractivity contribution in [1.29, 1.82) is 0 Å². The number of carboxylic acid groups (broad SMARTS) is 1. The second-order valence-electron chi connectivity index (χ2n) is 9.74. The first kappa shape index (κ1) is 30.2. The number of carbonyl (C=O) groups excluding carboxylic acids is 1. The predicted molar refractivity (Wildman–Crippen MR) is 167 cm³/mol. The molecule has 2 aromatic heterocycles. The summed E-state index contributed by atoms with van der Waals surface area (Å²) in [7, 11) is 3.16. The average molecular weight is 623 g/mol. The maximum Gasteiger partial charge on any atom is 0.326 e. The first-order valence-electron chi connectivity index (χ1n) is 13.5. The molecule has 5 aromatic rings. The molecule has 0 aliphatic rings. The number of aromatic nitrogens is 2. The highest BCUT2D eigenvalue weighted by Crippen LogP contribution is 2.43. The number of rotatable bonds is 11. The molecular weight excluding hydrogens is 593 g/mol. The van der Waals surface area contributed by atoms with E-state index in [2.05, 4.69) is 15.3 Å². The molecule has 0 aliphatic heterocycles. The third-order valence-electron chi connectivity index (χ3n) is 7.16. The van der Waals surface area contributed by atoms with Crippen LogP contribution in [0.15, 0.2) is 60.9 Å². The van der Waals surface area contributed by atoms with Crippen molar-refractivity contribution in [1.82, 2.24) is 15.3 Å². The predicted octanol–water partition coefficient (Wildman–Crippen LogP) is 6.67. The van der Waals surface area contributed by atoms with Gasteiger partial charge in [0.25, 0.3) is 5.91 Å². The van der Waals surface area contributed by atoms with Crippen LogP contribution >= 0.6 is 23.2 Å². The molecule has 0 saturated carbocycles. The quantitative estimate of drug-likeness (QED) is 0.150. The number of ether oxygens (including phenoxy) is 3. The average Bonchev–Trinajstić information content (AvgIpc) is 3.48. The number of methoxy groups -OCH3 is 2. The molecule has 0 aliphatic carbocycles. The van der Waals surface area contributed by atoms with Gasteiger partial charge in [0.15, 0.2) is 0 Å². The summed E-state index contributed by atoms with van der Waals surface area (Å²) >= 11 is 12.9. The van der Waals surface area contributed by atoms with E-state index in [-0.39, 0.29) is 22.0 Å². The number of nitrogens with zero attached hydrogens (tertiary/aromatic N) is 1. The maximum absolute atomic E-state index is 13.3. The summed E-state index contributed by atoms with van der Waals surface area (Å²) < 4.78 is 17.1. The smallest absolute Gasteiger partial charge is 0.326 e. The SMILES string of the molecule is CCOCc1cc(OC)c(-c2ccc(C[C@H](NC(=O)c3c(Cl)cc4cc[nH]c4c3Cl)C(=O)O)c3cccnc23)c(OC)c1. The van der Waals surface area contributed by atoms with Crippen LogP contribution in [0.25, 0.3) is 32.9 Å². The zero-order valence-corrected chi connectivity index (χ0v) is 25.2. The molecule has 5 rings (SSSR count). The van der Waals surface area contributed by atoms with E-state index in [1.165, 1.54) is 0 Å². The highest BCUT2D eigenvalue weighted by atomic mass is 35.5. The Hall–Kier alpha value is -4.31. The lowest BCUT2D eigenvalue weighted by atomic mass is 9.93. The number of amides is 1. The van der Waals surface area contributed by atoms with Crippen LogP contribution in [0.4, 0.5) is 0 Å². The molecule has 222 valence electrons. The number of aromatic amines is 1. The lowest BCUT2D eigenvalue weighted by Gasteiger charge is -2.19. The van der Waals surface area contributed by atoms with E-state index < -0.39 is 17.9 Å². The summed E-state index contributed by atoms with van der Waals surface area (Å²) in [6.45, 7) is 2.90. The molecule has 0 unspecified atom stereocenters. The van der Waals surface area contributed by atoms with Crippen LogP contribution in [0.2, 0.25) is 10.0 Å². The minimum absolute atomic E-state index is 0.00150. The Labute approximate surface area is 257 Å². The van der Waals surface area contributed by atoms with Crippen LogP contribution in [0.5, 0.6) is 11.5 Å². The highest BCUT2D eigenvalue weighted by Gasteiger charge is 2.27. The number of nitrogens with one attached hydrogen (secondary N) is 2. The Bertz CT molecular complexity index is 1810. The highest BCUT2D eigenvalue weighted by molar-refractivity contribution is 6.43.